The van der Waals surface area contributed by atoms with Crippen molar-refractivity contribution in [3.8, 4) is 5.82 Å². The fourth-order valence-corrected chi connectivity index (χ4v) is 2.99. The van der Waals surface area contributed by atoms with E-state index in [4.69, 9.17) is 4.74 Å². The number of rotatable bonds is 2. The third-order valence-electron chi connectivity index (χ3n) is 3.97. The molecule has 1 aliphatic heterocycles. The monoisotopic (exact) mass is 328 g/mol. The third-order valence-corrected chi connectivity index (χ3v) is 3.97. The molecule has 128 valence electrons. The molecule has 1 atom stereocenters. The first kappa shape index (κ1) is 16.5. The molecule has 1 fully saturated rings. The normalized spacial score (nSPS) is 18.0. The third kappa shape index (κ3) is 3.42. The zero-order chi connectivity index (χ0) is 17.3. The first-order valence-electron chi connectivity index (χ1n) is 8.32. The first-order chi connectivity index (χ1) is 11.3. The maximum absolute atomic E-state index is 12.5. The molecule has 2 aromatic heterocycles. The van der Waals surface area contributed by atoms with Crippen LogP contribution in [0.25, 0.3) is 5.82 Å². The van der Waals surface area contributed by atoms with Crippen molar-refractivity contribution in [2.45, 2.75) is 52.2 Å². The highest BCUT2D eigenvalue weighted by atomic mass is 16.6. The van der Waals surface area contributed by atoms with Gasteiger partial charge in [0.15, 0.2) is 0 Å². The van der Waals surface area contributed by atoms with Gasteiger partial charge in [0.25, 0.3) is 0 Å². The van der Waals surface area contributed by atoms with E-state index in [9.17, 15) is 4.79 Å². The zero-order valence-corrected chi connectivity index (χ0v) is 14.7. The fraction of sp³-hybridized carbons (Fsp3) is 0.500. The van der Waals surface area contributed by atoms with Crippen LogP contribution in [0.4, 0.5) is 4.79 Å². The van der Waals surface area contributed by atoms with Gasteiger partial charge in [0, 0.05) is 24.6 Å². The number of ether oxygens (including phenoxy) is 1. The van der Waals surface area contributed by atoms with Crippen LogP contribution < -0.4 is 0 Å². The van der Waals surface area contributed by atoms with E-state index < -0.39 is 5.60 Å². The molecule has 2 aromatic rings. The molecular formula is C18H24N4O2. The Morgan fingerprint density at radius 2 is 2.12 bits per heavy atom. The molecule has 0 unspecified atom stereocenters. The summed E-state index contributed by atoms with van der Waals surface area (Å²) < 4.78 is 7.51. The maximum atomic E-state index is 12.5. The number of pyridine rings is 1. The van der Waals surface area contributed by atoms with Gasteiger partial charge in [-0.15, -0.1) is 0 Å². The lowest BCUT2D eigenvalue weighted by atomic mass is 10.2. The molecule has 6 heteroatoms. The molecule has 0 aromatic carbocycles. The zero-order valence-electron chi connectivity index (χ0n) is 14.7. The number of aryl methyl sites for hydroxylation is 1. The van der Waals surface area contributed by atoms with E-state index in [1.165, 1.54) is 0 Å². The number of imidazole rings is 1. The Bertz CT molecular complexity index is 733. The topological polar surface area (TPSA) is 60.2 Å². The van der Waals surface area contributed by atoms with E-state index in [-0.39, 0.29) is 12.1 Å². The molecule has 24 heavy (non-hydrogen) atoms. The van der Waals surface area contributed by atoms with Gasteiger partial charge in [0.1, 0.15) is 17.2 Å². The highest BCUT2D eigenvalue weighted by Gasteiger charge is 2.35. The highest BCUT2D eigenvalue weighted by molar-refractivity contribution is 5.69. The average Bonchev–Trinajstić information content (AvgIpc) is 3.14. The van der Waals surface area contributed by atoms with Crippen LogP contribution in [0, 0.1) is 6.92 Å². The van der Waals surface area contributed by atoms with Crippen LogP contribution in [0.2, 0.25) is 0 Å². The van der Waals surface area contributed by atoms with Crippen LogP contribution in [0.3, 0.4) is 0 Å². The molecule has 3 heterocycles. The number of carbonyl (C=O) groups is 1. The fourth-order valence-electron chi connectivity index (χ4n) is 2.99. The molecular weight excluding hydrogens is 304 g/mol. The highest BCUT2D eigenvalue weighted by Crippen LogP contribution is 2.33. The van der Waals surface area contributed by atoms with Crippen molar-refractivity contribution in [1.82, 2.24) is 19.4 Å². The minimum absolute atomic E-state index is 0.0860. The summed E-state index contributed by atoms with van der Waals surface area (Å²) in [6.07, 6.45) is 5.19. The molecule has 0 N–H and O–H groups in total. The van der Waals surface area contributed by atoms with E-state index in [1.54, 1.807) is 11.1 Å². The summed E-state index contributed by atoms with van der Waals surface area (Å²) in [7, 11) is 0. The Labute approximate surface area is 142 Å². The summed E-state index contributed by atoms with van der Waals surface area (Å²) in [6.45, 7) is 8.30. The minimum Gasteiger partial charge on any atom is -0.444 e. The molecule has 3 rings (SSSR count). The molecule has 0 saturated carbocycles. The Kier molecular flexibility index (Phi) is 4.30. The summed E-state index contributed by atoms with van der Waals surface area (Å²) in [5.74, 6) is 1.65. The Balaban J connectivity index is 1.89. The summed E-state index contributed by atoms with van der Waals surface area (Å²) >= 11 is 0. The molecule has 0 bridgehead atoms. The van der Waals surface area contributed by atoms with Gasteiger partial charge in [-0.2, -0.15) is 0 Å². The van der Waals surface area contributed by atoms with Crippen molar-refractivity contribution in [1.29, 1.82) is 0 Å². The molecule has 1 saturated heterocycles. The largest absolute Gasteiger partial charge is 0.444 e. The second kappa shape index (κ2) is 6.26. The van der Waals surface area contributed by atoms with Gasteiger partial charge in [-0.05, 0) is 52.7 Å². The van der Waals surface area contributed by atoms with Crippen LogP contribution in [0.5, 0.6) is 0 Å². The van der Waals surface area contributed by atoms with Crippen LogP contribution in [0.15, 0.2) is 30.6 Å². The average molecular weight is 328 g/mol. The Hall–Kier alpha value is -2.37. The summed E-state index contributed by atoms with van der Waals surface area (Å²) in [4.78, 5) is 23.4. The van der Waals surface area contributed by atoms with Crippen molar-refractivity contribution in [3.05, 3.63) is 42.1 Å². The minimum atomic E-state index is -0.502. The number of amides is 1. The van der Waals surface area contributed by atoms with Crippen molar-refractivity contribution >= 4 is 6.09 Å². The molecule has 1 aliphatic rings. The number of hydrogen-bond acceptors (Lipinski definition) is 4. The molecule has 0 aliphatic carbocycles. The van der Waals surface area contributed by atoms with Crippen molar-refractivity contribution in [3.63, 3.8) is 0 Å². The van der Waals surface area contributed by atoms with E-state index in [1.807, 2.05) is 56.7 Å². The predicted octanol–water partition coefficient (Wildman–Crippen LogP) is 3.65. The second-order valence-corrected chi connectivity index (χ2v) is 7.12. The van der Waals surface area contributed by atoms with Crippen LogP contribution >= 0.6 is 0 Å². The standard InChI is InChI=1S/C18H24N4O2/c1-13-7-5-9-15(20-13)22-12-10-19-16(22)14-8-6-11-21(14)17(23)24-18(2,3)4/h5,7,9-10,12,14H,6,8,11H2,1-4H3/t14-/m0/s1. The number of hydrogen-bond donors (Lipinski definition) is 0. The van der Waals surface area contributed by atoms with Gasteiger partial charge >= 0.3 is 6.09 Å². The Morgan fingerprint density at radius 3 is 2.83 bits per heavy atom. The Morgan fingerprint density at radius 1 is 1.33 bits per heavy atom. The van der Waals surface area contributed by atoms with Gasteiger partial charge in [-0.25, -0.2) is 14.8 Å². The molecule has 0 radical (unpaired) electrons. The van der Waals surface area contributed by atoms with Gasteiger partial charge in [0.05, 0.1) is 6.04 Å². The maximum Gasteiger partial charge on any atom is 0.410 e. The summed E-state index contributed by atoms with van der Waals surface area (Å²) in [5.41, 5.74) is 0.445. The lowest BCUT2D eigenvalue weighted by Crippen LogP contribution is -2.37. The van der Waals surface area contributed by atoms with Gasteiger partial charge < -0.3 is 4.74 Å². The predicted molar refractivity (Wildman–Crippen MR) is 91.0 cm³/mol. The quantitative estimate of drug-likeness (QED) is 0.844. The van der Waals surface area contributed by atoms with Gasteiger partial charge in [-0.3, -0.25) is 9.47 Å². The van der Waals surface area contributed by atoms with E-state index in [0.717, 1.165) is 30.2 Å². The summed E-state index contributed by atoms with van der Waals surface area (Å²) in [6, 6.07) is 5.80. The number of carbonyl (C=O) groups excluding carboxylic acids is 1. The summed E-state index contributed by atoms with van der Waals surface area (Å²) in [5, 5.41) is 0. The SMILES string of the molecule is Cc1cccc(-n2ccnc2[C@@H]2CCCN2C(=O)OC(C)(C)C)n1. The second-order valence-electron chi connectivity index (χ2n) is 7.12. The lowest BCUT2D eigenvalue weighted by molar-refractivity contribution is 0.0217. The van der Waals surface area contributed by atoms with Gasteiger partial charge in [0.2, 0.25) is 0 Å². The van der Waals surface area contributed by atoms with Crippen LogP contribution in [0.1, 0.15) is 51.2 Å². The van der Waals surface area contributed by atoms with E-state index >= 15 is 0 Å². The van der Waals surface area contributed by atoms with Crippen LogP contribution in [-0.4, -0.2) is 37.7 Å². The van der Waals surface area contributed by atoms with Crippen molar-refractivity contribution < 1.29 is 9.53 Å². The molecule has 6 nitrogen and oxygen atoms in total. The molecule has 1 amide bonds. The van der Waals surface area contributed by atoms with E-state index in [0.29, 0.717) is 6.54 Å². The number of likely N-dealkylation sites (tertiary alicyclic amines) is 1. The smallest absolute Gasteiger partial charge is 0.410 e. The number of aromatic nitrogens is 3. The number of nitrogens with zero attached hydrogens (tertiary/aromatic N) is 4. The first-order valence-corrected chi connectivity index (χ1v) is 8.32. The van der Waals surface area contributed by atoms with Crippen molar-refractivity contribution in [2.24, 2.45) is 0 Å². The van der Waals surface area contributed by atoms with Crippen LogP contribution in [-0.2, 0) is 4.74 Å². The lowest BCUT2D eigenvalue weighted by Gasteiger charge is -2.28. The van der Waals surface area contributed by atoms with E-state index in [2.05, 4.69) is 9.97 Å². The van der Waals surface area contributed by atoms with Crippen molar-refractivity contribution in [2.75, 3.05) is 6.54 Å². The molecule has 0 spiro atoms. The van der Waals surface area contributed by atoms with Gasteiger partial charge in [-0.1, -0.05) is 6.07 Å².